The van der Waals surface area contributed by atoms with Crippen LogP contribution in [0.2, 0.25) is 0 Å². The van der Waals surface area contributed by atoms with Crippen LogP contribution in [-0.4, -0.2) is 30.8 Å². The van der Waals surface area contributed by atoms with Gasteiger partial charge >= 0.3 is 0 Å². The zero-order valence-electron chi connectivity index (χ0n) is 17.6. The Hall–Kier alpha value is -2.97. The van der Waals surface area contributed by atoms with Gasteiger partial charge in [-0.3, -0.25) is 4.79 Å². The average Bonchev–Trinajstić information content (AvgIpc) is 3.42. The van der Waals surface area contributed by atoms with Crippen molar-refractivity contribution in [2.75, 3.05) is 11.4 Å². The molecule has 1 aromatic heterocycles. The lowest BCUT2D eigenvalue weighted by Gasteiger charge is -2.19. The molecule has 0 saturated carbocycles. The van der Waals surface area contributed by atoms with Crippen molar-refractivity contribution in [3.8, 4) is 11.3 Å². The van der Waals surface area contributed by atoms with E-state index in [1.807, 2.05) is 37.3 Å². The van der Waals surface area contributed by atoms with Crippen molar-refractivity contribution in [2.24, 2.45) is 0 Å². The number of nitrogens with one attached hydrogen (secondary N) is 2. The van der Waals surface area contributed by atoms with Crippen LogP contribution in [0.4, 0.5) is 5.69 Å². The quantitative estimate of drug-likeness (QED) is 0.584. The number of aromatic amines is 1. The van der Waals surface area contributed by atoms with E-state index in [0.717, 1.165) is 23.4 Å². The number of aryl methyl sites for hydroxylation is 1. The number of nitrogens with zero attached hydrogens (tertiary/aromatic N) is 2. The molecular formula is C23H26N4O3S. The molecule has 1 unspecified atom stereocenters. The Morgan fingerprint density at radius 2 is 1.97 bits per heavy atom. The number of amides is 1. The molecule has 1 saturated heterocycles. The molecule has 0 aliphatic carbocycles. The summed E-state index contributed by atoms with van der Waals surface area (Å²) in [5, 5.41) is 0. The van der Waals surface area contributed by atoms with Crippen LogP contribution < -0.4 is 9.62 Å². The number of benzene rings is 2. The number of aromatic nitrogens is 2. The van der Waals surface area contributed by atoms with E-state index in [0.29, 0.717) is 30.8 Å². The minimum absolute atomic E-state index is 0.0752. The molecule has 2 aromatic carbocycles. The van der Waals surface area contributed by atoms with Gasteiger partial charge in [-0.1, -0.05) is 37.3 Å². The van der Waals surface area contributed by atoms with Gasteiger partial charge in [-0.15, -0.1) is 0 Å². The smallest absolute Gasteiger partial charge is 0.241 e. The van der Waals surface area contributed by atoms with Crippen LogP contribution >= 0.6 is 0 Å². The zero-order valence-corrected chi connectivity index (χ0v) is 18.4. The second-order valence-electron chi connectivity index (χ2n) is 7.73. The lowest BCUT2D eigenvalue weighted by Crippen LogP contribution is -2.30. The number of carbonyl (C=O) groups is 1. The second-order valence-corrected chi connectivity index (χ2v) is 9.41. The first-order chi connectivity index (χ1) is 14.9. The summed E-state index contributed by atoms with van der Waals surface area (Å²) < 4.78 is 29.0. The molecule has 1 aliphatic rings. The monoisotopic (exact) mass is 438 g/mol. The van der Waals surface area contributed by atoms with Crippen molar-refractivity contribution in [2.45, 2.75) is 44.0 Å². The molecule has 0 spiro atoms. The first-order valence-electron chi connectivity index (χ1n) is 10.4. The first kappa shape index (κ1) is 21.3. The Morgan fingerprint density at radius 1 is 1.19 bits per heavy atom. The van der Waals surface area contributed by atoms with E-state index >= 15 is 0 Å². The highest BCUT2D eigenvalue weighted by Crippen LogP contribution is 2.27. The van der Waals surface area contributed by atoms with Crippen LogP contribution in [0.15, 0.2) is 59.6 Å². The summed E-state index contributed by atoms with van der Waals surface area (Å²) in [6.07, 6.45) is 3.62. The number of sulfonamides is 1. The summed E-state index contributed by atoms with van der Waals surface area (Å²) in [6, 6.07) is 14.3. The van der Waals surface area contributed by atoms with Crippen LogP contribution in [0, 0.1) is 6.92 Å². The first-order valence-corrected chi connectivity index (χ1v) is 11.9. The van der Waals surface area contributed by atoms with Crippen molar-refractivity contribution in [3.63, 3.8) is 0 Å². The third kappa shape index (κ3) is 4.40. The molecule has 2 N–H and O–H groups in total. The zero-order chi connectivity index (χ0) is 22.0. The summed E-state index contributed by atoms with van der Waals surface area (Å²) in [4.78, 5) is 21.6. The highest BCUT2D eigenvalue weighted by molar-refractivity contribution is 7.89. The van der Waals surface area contributed by atoms with E-state index in [4.69, 9.17) is 0 Å². The highest BCUT2D eigenvalue weighted by atomic mass is 32.2. The van der Waals surface area contributed by atoms with Crippen molar-refractivity contribution in [1.82, 2.24) is 14.7 Å². The maximum atomic E-state index is 13.1. The fourth-order valence-corrected chi connectivity index (χ4v) is 5.40. The molecule has 1 amide bonds. The normalized spacial score (nSPS) is 15.4. The minimum Gasteiger partial charge on any atom is -0.341 e. The third-order valence-electron chi connectivity index (χ3n) is 5.55. The van der Waals surface area contributed by atoms with Crippen molar-refractivity contribution >= 4 is 21.6 Å². The van der Waals surface area contributed by atoms with E-state index in [9.17, 15) is 13.2 Å². The number of rotatable bonds is 7. The number of imidazole rings is 1. The Bertz CT molecular complexity index is 1190. The molecule has 2 heterocycles. The molecule has 4 rings (SSSR count). The number of H-pyrrole nitrogens is 1. The van der Waals surface area contributed by atoms with E-state index < -0.39 is 16.1 Å². The van der Waals surface area contributed by atoms with Crippen LogP contribution in [0.25, 0.3) is 11.3 Å². The lowest BCUT2D eigenvalue weighted by molar-refractivity contribution is -0.117. The predicted molar refractivity (Wildman–Crippen MR) is 120 cm³/mol. The Balaban J connectivity index is 1.56. The topological polar surface area (TPSA) is 95.2 Å². The summed E-state index contributed by atoms with van der Waals surface area (Å²) in [7, 11) is -3.77. The van der Waals surface area contributed by atoms with E-state index in [-0.39, 0.29) is 10.8 Å². The molecule has 1 atom stereocenters. The fraction of sp³-hybridized carbons (Fsp3) is 0.304. The van der Waals surface area contributed by atoms with Gasteiger partial charge in [0, 0.05) is 18.7 Å². The van der Waals surface area contributed by atoms with Crippen LogP contribution in [0.5, 0.6) is 0 Å². The van der Waals surface area contributed by atoms with E-state index in [1.165, 1.54) is 0 Å². The molecule has 0 bridgehead atoms. The van der Waals surface area contributed by atoms with Gasteiger partial charge < -0.3 is 9.88 Å². The highest BCUT2D eigenvalue weighted by Gasteiger charge is 2.26. The molecule has 31 heavy (non-hydrogen) atoms. The van der Waals surface area contributed by atoms with Gasteiger partial charge in [-0.25, -0.2) is 18.1 Å². The van der Waals surface area contributed by atoms with Gasteiger partial charge in [0.25, 0.3) is 0 Å². The van der Waals surface area contributed by atoms with Gasteiger partial charge in [-0.2, -0.15) is 0 Å². The van der Waals surface area contributed by atoms with Gasteiger partial charge in [0.1, 0.15) is 5.82 Å². The molecule has 1 fully saturated rings. The van der Waals surface area contributed by atoms with Gasteiger partial charge in [-0.05, 0) is 49.1 Å². The van der Waals surface area contributed by atoms with Crippen LogP contribution in [0.3, 0.4) is 0 Å². The summed E-state index contributed by atoms with van der Waals surface area (Å²) >= 11 is 0. The van der Waals surface area contributed by atoms with Gasteiger partial charge in [0.15, 0.2) is 0 Å². The summed E-state index contributed by atoms with van der Waals surface area (Å²) in [5.74, 6) is 0.646. The fourth-order valence-electron chi connectivity index (χ4n) is 3.89. The van der Waals surface area contributed by atoms with Crippen molar-refractivity contribution in [1.29, 1.82) is 0 Å². The predicted octanol–water partition coefficient (Wildman–Crippen LogP) is 3.94. The van der Waals surface area contributed by atoms with Crippen molar-refractivity contribution in [3.05, 3.63) is 66.1 Å². The Kier molecular flexibility index (Phi) is 5.93. The SMILES string of the molecule is CCC(NS(=O)(=O)c1ccc(N2CCCC2=O)cc1C)c1ncc(-c2ccccc2)[nH]1. The Morgan fingerprint density at radius 3 is 2.61 bits per heavy atom. The maximum absolute atomic E-state index is 13.1. The lowest BCUT2D eigenvalue weighted by atomic mass is 10.2. The Labute approximate surface area is 182 Å². The van der Waals surface area contributed by atoms with Gasteiger partial charge in [0.05, 0.1) is 22.8 Å². The molecule has 162 valence electrons. The molecule has 0 radical (unpaired) electrons. The third-order valence-corrected chi connectivity index (χ3v) is 7.18. The standard InChI is InChI=1S/C23H26N4O3S/c1-3-19(23-24-15-20(25-23)17-8-5-4-6-9-17)26-31(29,30)21-12-11-18(14-16(21)2)27-13-7-10-22(27)28/h4-6,8-9,11-12,14-15,19,26H,3,7,10,13H2,1-2H3,(H,24,25). The minimum atomic E-state index is -3.77. The van der Waals surface area contributed by atoms with E-state index in [1.54, 1.807) is 36.2 Å². The molecule has 3 aromatic rings. The molecule has 7 nitrogen and oxygen atoms in total. The second kappa shape index (κ2) is 8.64. The van der Waals surface area contributed by atoms with Crippen molar-refractivity contribution < 1.29 is 13.2 Å². The largest absolute Gasteiger partial charge is 0.341 e. The van der Waals surface area contributed by atoms with E-state index in [2.05, 4.69) is 14.7 Å². The molecule has 1 aliphatic heterocycles. The van der Waals surface area contributed by atoms with Crippen LogP contribution in [0.1, 0.15) is 43.6 Å². The maximum Gasteiger partial charge on any atom is 0.241 e. The van der Waals surface area contributed by atoms with Crippen LogP contribution in [-0.2, 0) is 14.8 Å². The average molecular weight is 439 g/mol. The summed E-state index contributed by atoms with van der Waals surface area (Å²) in [6.45, 7) is 4.33. The summed E-state index contributed by atoms with van der Waals surface area (Å²) in [5.41, 5.74) is 3.17. The molecular weight excluding hydrogens is 412 g/mol. The number of anilines is 1. The number of hydrogen-bond acceptors (Lipinski definition) is 4. The molecule has 8 heteroatoms. The number of carbonyl (C=O) groups excluding carboxylic acids is 1. The number of hydrogen-bond donors (Lipinski definition) is 2. The van der Waals surface area contributed by atoms with Gasteiger partial charge in [0.2, 0.25) is 15.9 Å².